The van der Waals surface area contributed by atoms with Crippen molar-refractivity contribution in [3.8, 4) is 5.75 Å². The van der Waals surface area contributed by atoms with E-state index in [4.69, 9.17) is 14.6 Å². The van der Waals surface area contributed by atoms with Gasteiger partial charge in [-0.25, -0.2) is 14.6 Å². The number of ether oxygens (including phenoxy) is 2. The van der Waals surface area contributed by atoms with Crippen molar-refractivity contribution in [3.05, 3.63) is 96.7 Å². The van der Waals surface area contributed by atoms with Crippen molar-refractivity contribution in [3.63, 3.8) is 0 Å². The molecule has 0 spiro atoms. The maximum absolute atomic E-state index is 13.5. The van der Waals surface area contributed by atoms with Crippen LogP contribution in [0.25, 0.3) is 6.08 Å². The van der Waals surface area contributed by atoms with E-state index in [2.05, 4.69) is 4.99 Å². The monoisotopic (exact) mass is 478 g/mol. The van der Waals surface area contributed by atoms with E-state index in [1.807, 2.05) is 30.3 Å². The number of aliphatic carboxylic acids is 1. The molecule has 0 aliphatic carbocycles. The fourth-order valence-corrected chi connectivity index (χ4v) is 4.78. The Kier molecular flexibility index (Phi) is 6.74. The molecule has 0 saturated heterocycles. The molecule has 0 amide bonds. The Balaban J connectivity index is 1.84. The van der Waals surface area contributed by atoms with E-state index >= 15 is 0 Å². The van der Waals surface area contributed by atoms with Crippen LogP contribution in [0.1, 0.15) is 31.0 Å². The molecule has 1 aliphatic rings. The second kappa shape index (κ2) is 9.88. The number of aromatic nitrogens is 1. The zero-order valence-corrected chi connectivity index (χ0v) is 19.4. The Morgan fingerprint density at radius 1 is 1.18 bits per heavy atom. The van der Waals surface area contributed by atoms with Crippen LogP contribution in [0.4, 0.5) is 0 Å². The molecule has 9 heteroatoms. The largest absolute Gasteiger partial charge is 0.482 e. The van der Waals surface area contributed by atoms with Gasteiger partial charge in [-0.05, 0) is 43.2 Å². The van der Waals surface area contributed by atoms with E-state index in [0.717, 1.165) is 5.56 Å². The Morgan fingerprint density at radius 3 is 2.65 bits per heavy atom. The van der Waals surface area contributed by atoms with Crippen LogP contribution in [0.2, 0.25) is 0 Å². The molecule has 3 aromatic rings. The first-order valence-corrected chi connectivity index (χ1v) is 11.4. The summed E-state index contributed by atoms with van der Waals surface area (Å²) in [4.78, 5) is 42.2. The highest BCUT2D eigenvalue weighted by atomic mass is 32.1. The maximum Gasteiger partial charge on any atom is 0.341 e. The third-order valence-electron chi connectivity index (χ3n) is 5.15. The van der Waals surface area contributed by atoms with E-state index < -0.39 is 24.6 Å². The number of carbonyl (C=O) groups is 2. The number of carboxylic acid groups (broad SMARTS) is 1. The lowest BCUT2D eigenvalue weighted by Gasteiger charge is -2.24. The molecule has 1 N–H and O–H groups in total. The Labute approximate surface area is 198 Å². The van der Waals surface area contributed by atoms with Gasteiger partial charge >= 0.3 is 11.9 Å². The van der Waals surface area contributed by atoms with Crippen LogP contribution in [-0.2, 0) is 14.3 Å². The summed E-state index contributed by atoms with van der Waals surface area (Å²) >= 11 is 1.22. The van der Waals surface area contributed by atoms with Gasteiger partial charge in [0.15, 0.2) is 11.4 Å². The van der Waals surface area contributed by atoms with Gasteiger partial charge in [0.25, 0.3) is 5.56 Å². The van der Waals surface area contributed by atoms with Crippen LogP contribution in [0, 0.1) is 0 Å². The van der Waals surface area contributed by atoms with Gasteiger partial charge in [-0.15, -0.1) is 0 Å². The molecule has 8 nitrogen and oxygen atoms in total. The standard InChI is InChI=1S/C25H22N2O6S/c1-3-32-24(31)21-15(2)26-25-27(22(21)17-9-5-4-6-10-17)23(30)19(34-25)13-16-8-7-11-18(12-16)33-14-20(28)29/h4-13,22H,3,14H2,1-2H3,(H,28,29)/b19-13-. The molecule has 0 saturated carbocycles. The van der Waals surface area contributed by atoms with Crippen LogP contribution >= 0.6 is 11.3 Å². The summed E-state index contributed by atoms with van der Waals surface area (Å²) in [5, 5.41) is 8.82. The van der Waals surface area contributed by atoms with E-state index in [1.165, 1.54) is 15.9 Å². The summed E-state index contributed by atoms with van der Waals surface area (Å²) in [6.07, 6.45) is 1.70. The minimum atomic E-state index is -1.08. The van der Waals surface area contributed by atoms with E-state index in [9.17, 15) is 14.4 Å². The smallest absolute Gasteiger partial charge is 0.341 e. The summed E-state index contributed by atoms with van der Waals surface area (Å²) in [6.45, 7) is 3.22. The first-order valence-electron chi connectivity index (χ1n) is 10.6. The summed E-state index contributed by atoms with van der Waals surface area (Å²) in [7, 11) is 0. The lowest BCUT2D eigenvalue weighted by atomic mass is 9.96. The van der Waals surface area contributed by atoms with Crippen molar-refractivity contribution in [1.29, 1.82) is 0 Å². The number of hydrogen-bond acceptors (Lipinski definition) is 7. The normalized spacial score (nSPS) is 15.5. The second-order valence-electron chi connectivity index (χ2n) is 7.47. The average Bonchev–Trinajstić information content (AvgIpc) is 3.12. The zero-order valence-electron chi connectivity index (χ0n) is 18.6. The van der Waals surface area contributed by atoms with E-state index in [-0.39, 0.29) is 12.2 Å². The molecule has 0 bridgehead atoms. The lowest BCUT2D eigenvalue weighted by Crippen LogP contribution is -2.39. The molecule has 0 fully saturated rings. The van der Waals surface area contributed by atoms with Gasteiger partial charge < -0.3 is 14.6 Å². The molecule has 34 heavy (non-hydrogen) atoms. The molecule has 174 valence electrons. The molecule has 2 heterocycles. The first-order chi connectivity index (χ1) is 16.4. The quantitative estimate of drug-likeness (QED) is 0.522. The summed E-state index contributed by atoms with van der Waals surface area (Å²) in [6, 6.07) is 15.4. The summed E-state index contributed by atoms with van der Waals surface area (Å²) in [5.74, 6) is -1.20. The fourth-order valence-electron chi connectivity index (χ4n) is 3.73. The minimum Gasteiger partial charge on any atom is -0.482 e. The van der Waals surface area contributed by atoms with Gasteiger partial charge in [0.1, 0.15) is 5.75 Å². The highest BCUT2D eigenvalue weighted by molar-refractivity contribution is 7.07. The Hall–Kier alpha value is -3.98. The number of fused-ring (bicyclic) bond motifs is 1. The Bertz CT molecular complexity index is 1450. The first kappa shape index (κ1) is 23.2. The molecular weight excluding hydrogens is 456 g/mol. The van der Waals surface area contributed by atoms with Gasteiger partial charge in [-0.1, -0.05) is 53.8 Å². The maximum atomic E-state index is 13.5. The van der Waals surface area contributed by atoms with Gasteiger partial charge in [-0.3, -0.25) is 9.36 Å². The number of nitrogens with zero attached hydrogens (tertiary/aromatic N) is 2. The zero-order chi connectivity index (χ0) is 24.2. The molecule has 1 aromatic heterocycles. The number of carbonyl (C=O) groups excluding carboxylic acids is 1. The van der Waals surface area contributed by atoms with Crippen molar-refractivity contribution in [2.24, 2.45) is 4.99 Å². The number of hydrogen-bond donors (Lipinski definition) is 1. The predicted octanol–water partition coefficient (Wildman–Crippen LogP) is 2.26. The SMILES string of the molecule is CCOC(=O)C1=C(C)N=c2s/c(=C\c3cccc(OCC(=O)O)c3)c(=O)n2C1c1ccccc1. The number of thiazole rings is 1. The molecule has 4 rings (SSSR count). The molecule has 2 aromatic carbocycles. The number of carboxylic acids is 1. The summed E-state index contributed by atoms with van der Waals surface area (Å²) in [5.41, 5.74) is 1.99. The van der Waals surface area contributed by atoms with Crippen LogP contribution in [0.15, 0.2) is 75.7 Å². The van der Waals surface area contributed by atoms with E-state index in [0.29, 0.717) is 31.9 Å². The fraction of sp³-hybridized carbons (Fsp3) is 0.200. The summed E-state index contributed by atoms with van der Waals surface area (Å²) < 4.78 is 12.5. The highest BCUT2D eigenvalue weighted by Gasteiger charge is 2.33. The third kappa shape index (κ3) is 4.69. The molecule has 1 atom stereocenters. The third-order valence-corrected chi connectivity index (χ3v) is 6.13. The van der Waals surface area contributed by atoms with Crippen molar-refractivity contribution >= 4 is 29.4 Å². The Morgan fingerprint density at radius 2 is 1.94 bits per heavy atom. The molecular formula is C25H22N2O6S. The van der Waals surface area contributed by atoms with Gasteiger partial charge in [0, 0.05) is 0 Å². The van der Waals surface area contributed by atoms with Crippen LogP contribution in [0.5, 0.6) is 5.75 Å². The van der Waals surface area contributed by atoms with Crippen molar-refractivity contribution in [2.75, 3.05) is 13.2 Å². The van der Waals surface area contributed by atoms with Gasteiger partial charge in [0.05, 0.1) is 28.5 Å². The van der Waals surface area contributed by atoms with Gasteiger partial charge in [0.2, 0.25) is 0 Å². The van der Waals surface area contributed by atoms with Crippen molar-refractivity contribution < 1.29 is 24.2 Å². The minimum absolute atomic E-state index is 0.210. The second-order valence-corrected chi connectivity index (χ2v) is 8.48. The topological polar surface area (TPSA) is 107 Å². The highest BCUT2D eigenvalue weighted by Crippen LogP contribution is 2.30. The van der Waals surface area contributed by atoms with Crippen molar-refractivity contribution in [1.82, 2.24) is 4.57 Å². The predicted molar refractivity (Wildman–Crippen MR) is 126 cm³/mol. The lowest BCUT2D eigenvalue weighted by molar-refractivity contribution is -0.140. The van der Waals surface area contributed by atoms with Gasteiger partial charge in [-0.2, -0.15) is 0 Å². The van der Waals surface area contributed by atoms with Crippen molar-refractivity contribution in [2.45, 2.75) is 19.9 Å². The van der Waals surface area contributed by atoms with Crippen LogP contribution in [0.3, 0.4) is 0 Å². The number of benzene rings is 2. The van der Waals surface area contributed by atoms with Crippen LogP contribution < -0.4 is 19.6 Å². The molecule has 1 aliphatic heterocycles. The number of esters is 1. The average molecular weight is 479 g/mol. The number of rotatable bonds is 7. The van der Waals surface area contributed by atoms with Crippen LogP contribution in [-0.4, -0.2) is 34.8 Å². The molecule has 1 unspecified atom stereocenters. The van der Waals surface area contributed by atoms with E-state index in [1.54, 1.807) is 44.2 Å². The number of allylic oxidation sites excluding steroid dienone is 1. The molecule has 0 radical (unpaired) electrons.